The van der Waals surface area contributed by atoms with Crippen molar-refractivity contribution >= 4 is 45.9 Å². The highest BCUT2D eigenvalue weighted by Gasteiger charge is 2.32. The maximum atomic E-state index is 14.2. The van der Waals surface area contributed by atoms with E-state index in [9.17, 15) is 14.4 Å². The van der Waals surface area contributed by atoms with E-state index in [2.05, 4.69) is 5.32 Å². The van der Waals surface area contributed by atoms with Crippen LogP contribution in [0.25, 0.3) is 17.0 Å². The van der Waals surface area contributed by atoms with E-state index < -0.39 is 6.04 Å². The Kier molecular flexibility index (Phi) is 7.99. The van der Waals surface area contributed by atoms with Gasteiger partial charge in [0.25, 0.3) is 11.5 Å². The van der Waals surface area contributed by atoms with Gasteiger partial charge in [-0.15, -0.1) is 0 Å². The Bertz CT molecular complexity index is 2090. The third kappa shape index (κ3) is 5.47. The van der Waals surface area contributed by atoms with Crippen LogP contribution in [0.2, 0.25) is 0 Å². The highest BCUT2D eigenvalue weighted by atomic mass is 32.1. The fourth-order valence-electron chi connectivity index (χ4n) is 5.44. The second-order valence-corrected chi connectivity index (χ2v) is 11.2. The van der Waals surface area contributed by atoms with Gasteiger partial charge in [-0.3, -0.25) is 19.0 Å². The van der Waals surface area contributed by atoms with Crippen molar-refractivity contribution in [3.8, 4) is 5.75 Å². The highest BCUT2D eigenvalue weighted by Crippen LogP contribution is 2.32. The summed E-state index contributed by atoms with van der Waals surface area (Å²) in [6.07, 6.45) is 3.67. The number of carbonyl (C=O) groups excluding carboxylic acids is 2. The van der Waals surface area contributed by atoms with Crippen LogP contribution in [-0.2, 0) is 20.9 Å². The number of hydrogen-bond donors (Lipinski definition) is 1. The number of fused-ring (bicyclic) bond motifs is 2. The number of ether oxygens (including phenoxy) is 2. The summed E-state index contributed by atoms with van der Waals surface area (Å²) in [5.74, 6) is -0.0126. The van der Waals surface area contributed by atoms with Gasteiger partial charge in [0, 0.05) is 28.4 Å². The summed E-state index contributed by atoms with van der Waals surface area (Å²) in [5, 5.41) is 3.86. The third-order valence-electron chi connectivity index (χ3n) is 7.44. The lowest BCUT2D eigenvalue weighted by Gasteiger charge is -2.25. The van der Waals surface area contributed by atoms with E-state index >= 15 is 0 Å². The predicted molar refractivity (Wildman–Crippen MR) is 170 cm³/mol. The lowest BCUT2D eigenvalue weighted by molar-refractivity contribution is -0.143. The molecule has 3 aromatic carbocycles. The predicted octanol–water partition coefficient (Wildman–Crippen LogP) is 4.40. The Balaban J connectivity index is 1.49. The van der Waals surface area contributed by atoms with Crippen LogP contribution in [0.4, 0.5) is 5.69 Å². The van der Waals surface area contributed by atoms with E-state index in [0.717, 1.165) is 22.0 Å². The fraction of sp³-hybridized carbons (Fsp3) is 0.176. The van der Waals surface area contributed by atoms with Gasteiger partial charge in [0.2, 0.25) is 0 Å². The van der Waals surface area contributed by atoms with Crippen molar-refractivity contribution in [2.45, 2.75) is 26.4 Å². The first kappa shape index (κ1) is 28.9. The number of hydrogen-bond acceptors (Lipinski definition) is 7. The maximum Gasteiger partial charge on any atom is 0.325 e. The number of carbonyl (C=O) groups is 2. The summed E-state index contributed by atoms with van der Waals surface area (Å²) in [5.41, 5.74) is 3.66. The van der Waals surface area contributed by atoms with Crippen LogP contribution in [-0.4, -0.2) is 34.7 Å². The number of esters is 1. The summed E-state index contributed by atoms with van der Waals surface area (Å²) in [6.45, 7) is 3.91. The normalized spacial score (nSPS) is 14.7. The molecule has 3 heterocycles. The van der Waals surface area contributed by atoms with E-state index in [0.29, 0.717) is 38.6 Å². The summed E-state index contributed by atoms with van der Waals surface area (Å²) in [4.78, 5) is 45.5. The Morgan fingerprint density at radius 2 is 1.75 bits per heavy atom. The third-order valence-corrected chi connectivity index (χ3v) is 8.42. The standard InChI is InChI=1S/C34H30N4O5S/c1-4-43-29(39)20-37-19-23(26-12-8-9-13-27(26)37)18-28-33(41)38-31(22-14-16-25(42-3)17-15-22)30(21(2)35-34(38)44-28)32(40)36-24-10-6-5-7-11-24/h5-19,31H,4,20H2,1-3H3,(H,36,40)/t31-/m1/s1. The Morgan fingerprint density at radius 3 is 2.48 bits per heavy atom. The molecule has 1 atom stereocenters. The molecule has 6 rings (SSSR count). The molecule has 0 radical (unpaired) electrons. The molecule has 0 unspecified atom stereocenters. The molecule has 9 nitrogen and oxygen atoms in total. The highest BCUT2D eigenvalue weighted by molar-refractivity contribution is 7.07. The van der Waals surface area contributed by atoms with E-state index in [4.69, 9.17) is 14.5 Å². The second-order valence-electron chi connectivity index (χ2n) is 10.2. The Morgan fingerprint density at radius 1 is 1.02 bits per heavy atom. The van der Waals surface area contributed by atoms with E-state index in [1.165, 1.54) is 11.3 Å². The topological polar surface area (TPSA) is 104 Å². The van der Waals surface area contributed by atoms with Crippen LogP contribution < -0.4 is 24.9 Å². The minimum atomic E-state index is -0.715. The zero-order chi connectivity index (χ0) is 30.8. The van der Waals surface area contributed by atoms with Crippen molar-refractivity contribution in [2.24, 2.45) is 4.99 Å². The Hall–Kier alpha value is -5.22. The quantitative estimate of drug-likeness (QED) is 0.264. The first-order valence-corrected chi connectivity index (χ1v) is 15.0. The van der Waals surface area contributed by atoms with Gasteiger partial charge in [0.1, 0.15) is 12.3 Å². The van der Waals surface area contributed by atoms with E-state index in [-0.39, 0.29) is 24.0 Å². The van der Waals surface area contributed by atoms with Gasteiger partial charge < -0.3 is 19.4 Å². The molecule has 1 amide bonds. The monoisotopic (exact) mass is 606 g/mol. The maximum absolute atomic E-state index is 14.2. The van der Waals surface area contributed by atoms with Crippen molar-refractivity contribution in [3.63, 3.8) is 0 Å². The molecule has 1 aliphatic heterocycles. The van der Waals surface area contributed by atoms with Crippen LogP contribution in [0.5, 0.6) is 5.75 Å². The minimum absolute atomic E-state index is 0.0555. The van der Waals surface area contributed by atoms with Gasteiger partial charge in [-0.25, -0.2) is 4.99 Å². The molecular weight excluding hydrogens is 576 g/mol. The SMILES string of the molecule is CCOC(=O)Cn1cc(C=c2sc3n(c2=O)[C@H](c2ccc(OC)cc2)C(C(=O)Nc2ccccc2)=C(C)N=3)c2ccccc21. The number of nitrogens with zero attached hydrogens (tertiary/aromatic N) is 3. The molecule has 0 bridgehead atoms. The molecule has 222 valence electrons. The van der Waals surface area contributed by atoms with Crippen LogP contribution in [0.1, 0.15) is 31.0 Å². The number of methoxy groups -OCH3 is 1. The van der Waals surface area contributed by atoms with Gasteiger partial charge in [-0.1, -0.05) is 59.9 Å². The smallest absolute Gasteiger partial charge is 0.325 e. The largest absolute Gasteiger partial charge is 0.497 e. The molecule has 0 fully saturated rings. The van der Waals surface area contributed by atoms with Crippen LogP contribution in [0.15, 0.2) is 106 Å². The summed E-state index contributed by atoms with van der Waals surface area (Å²) < 4.78 is 14.4. The average molecular weight is 607 g/mol. The van der Waals surface area contributed by atoms with Gasteiger partial charge in [-0.05, 0) is 55.8 Å². The molecule has 0 saturated heterocycles. The second kappa shape index (κ2) is 12.2. The van der Waals surface area contributed by atoms with Gasteiger partial charge in [-0.2, -0.15) is 0 Å². The number of benzene rings is 3. The first-order valence-electron chi connectivity index (χ1n) is 14.1. The number of thiazole rings is 1. The van der Waals surface area contributed by atoms with E-state index in [1.807, 2.05) is 95.7 Å². The number of anilines is 1. The molecule has 0 saturated carbocycles. The van der Waals surface area contributed by atoms with E-state index in [1.54, 1.807) is 25.5 Å². The van der Waals surface area contributed by atoms with Crippen molar-refractivity contribution in [3.05, 3.63) is 127 Å². The van der Waals surface area contributed by atoms with Crippen LogP contribution in [0.3, 0.4) is 0 Å². The lowest BCUT2D eigenvalue weighted by atomic mass is 9.95. The number of allylic oxidation sites excluding steroid dienone is 1. The lowest BCUT2D eigenvalue weighted by Crippen LogP contribution is -2.40. The van der Waals surface area contributed by atoms with Gasteiger partial charge in [0.15, 0.2) is 4.80 Å². The number of amides is 1. The van der Waals surface area contributed by atoms with Crippen LogP contribution >= 0.6 is 11.3 Å². The molecule has 1 N–H and O–H groups in total. The number of nitrogens with one attached hydrogen (secondary N) is 1. The summed E-state index contributed by atoms with van der Waals surface area (Å²) in [7, 11) is 1.59. The number of para-hydroxylation sites is 2. The van der Waals surface area contributed by atoms with Crippen molar-refractivity contribution in [1.82, 2.24) is 9.13 Å². The molecule has 2 aromatic heterocycles. The molecule has 5 aromatic rings. The number of aromatic nitrogens is 2. The average Bonchev–Trinajstić information content (AvgIpc) is 3.53. The zero-order valence-corrected chi connectivity index (χ0v) is 25.3. The molecule has 44 heavy (non-hydrogen) atoms. The summed E-state index contributed by atoms with van der Waals surface area (Å²) in [6, 6.07) is 23.5. The number of rotatable bonds is 8. The van der Waals surface area contributed by atoms with Gasteiger partial charge >= 0.3 is 5.97 Å². The molecule has 0 aliphatic carbocycles. The Labute approximate surface area is 257 Å². The minimum Gasteiger partial charge on any atom is -0.497 e. The fourth-order valence-corrected chi connectivity index (χ4v) is 6.48. The molecule has 1 aliphatic rings. The van der Waals surface area contributed by atoms with Crippen molar-refractivity contribution in [2.75, 3.05) is 19.0 Å². The van der Waals surface area contributed by atoms with Crippen LogP contribution in [0, 0.1) is 0 Å². The van der Waals surface area contributed by atoms with Crippen molar-refractivity contribution in [1.29, 1.82) is 0 Å². The molecule has 0 spiro atoms. The summed E-state index contributed by atoms with van der Waals surface area (Å²) >= 11 is 1.26. The molecule has 10 heteroatoms. The zero-order valence-electron chi connectivity index (χ0n) is 24.4. The van der Waals surface area contributed by atoms with Crippen molar-refractivity contribution < 1.29 is 19.1 Å². The van der Waals surface area contributed by atoms with Gasteiger partial charge in [0.05, 0.1) is 35.6 Å². The first-order chi connectivity index (χ1) is 21.4. The molecular formula is C34H30N4O5S.